The molecule has 0 radical (unpaired) electrons. The van der Waals surface area contributed by atoms with E-state index in [1.165, 1.54) is 0 Å². The summed E-state index contributed by atoms with van der Waals surface area (Å²) in [4.78, 5) is 0. The number of para-hydroxylation sites is 1. The van der Waals surface area contributed by atoms with Crippen LogP contribution in [-0.2, 0) is 6.54 Å². The van der Waals surface area contributed by atoms with Crippen molar-refractivity contribution in [3.63, 3.8) is 0 Å². The molecule has 2 N–H and O–H groups in total. The van der Waals surface area contributed by atoms with Crippen molar-refractivity contribution in [2.45, 2.75) is 6.54 Å². The van der Waals surface area contributed by atoms with Gasteiger partial charge in [0.2, 0.25) is 0 Å². The van der Waals surface area contributed by atoms with Crippen molar-refractivity contribution in [1.82, 2.24) is 4.57 Å². The maximum atomic E-state index is 9.97. The van der Waals surface area contributed by atoms with Crippen molar-refractivity contribution in [2.24, 2.45) is 0 Å². The minimum Gasteiger partial charge on any atom is -0.507 e. The number of fused-ring (bicyclic) bond motifs is 3. The monoisotopic (exact) mass is 227 g/mol. The Morgan fingerprint density at radius 3 is 2.53 bits per heavy atom. The highest BCUT2D eigenvalue weighted by molar-refractivity contribution is 6.10. The van der Waals surface area contributed by atoms with E-state index in [0.717, 1.165) is 21.8 Å². The summed E-state index contributed by atoms with van der Waals surface area (Å²) in [5.41, 5.74) is 2.00. The molecule has 1 heterocycles. The van der Waals surface area contributed by atoms with Crippen molar-refractivity contribution >= 4 is 21.8 Å². The third-order valence-corrected chi connectivity index (χ3v) is 3.10. The van der Waals surface area contributed by atoms with Crippen LogP contribution in [0.1, 0.15) is 0 Å². The Morgan fingerprint density at radius 2 is 1.71 bits per heavy atom. The lowest BCUT2D eigenvalue weighted by Crippen LogP contribution is -2.00. The average Bonchev–Trinajstić information content (AvgIpc) is 2.66. The molecule has 86 valence electrons. The molecular weight excluding hydrogens is 214 g/mol. The number of aromatic hydroxyl groups is 1. The number of phenolic OH excluding ortho intramolecular Hbond substituents is 1. The van der Waals surface area contributed by atoms with Gasteiger partial charge in [-0.05, 0) is 18.2 Å². The van der Waals surface area contributed by atoms with E-state index in [1.807, 2.05) is 41.0 Å². The number of rotatable bonds is 2. The molecule has 17 heavy (non-hydrogen) atoms. The van der Waals surface area contributed by atoms with Gasteiger partial charge in [-0.3, -0.25) is 0 Å². The second-order valence-corrected chi connectivity index (χ2v) is 4.06. The average molecular weight is 227 g/mol. The van der Waals surface area contributed by atoms with Crippen LogP contribution in [0.15, 0.2) is 42.5 Å². The van der Waals surface area contributed by atoms with Crippen LogP contribution in [0.25, 0.3) is 21.8 Å². The Bertz CT molecular complexity index is 685. The molecule has 0 saturated heterocycles. The summed E-state index contributed by atoms with van der Waals surface area (Å²) < 4.78 is 2.03. The Morgan fingerprint density at radius 1 is 0.941 bits per heavy atom. The summed E-state index contributed by atoms with van der Waals surface area (Å²) in [6.07, 6.45) is 0. The van der Waals surface area contributed by atoms with Crippen LogP contribution in [0.5, 0.6) is 5.75 Å². The first-order chi connectivity index (χ1) is 8.33. The molecule has 3 aromatic rings. The third kappa shape index (κ3) is 1.40. The number of hydrogen-bond donors (Lipinski definition) is 2. The second-order valence-electron chi connectivity index (χ2n) is 4.06. The quantitative estimate of drug-likeness (QED) is 0.706. The molecule has 0 aliphatic carbocycles. The van der Waals surface area contributed by atoms with Gasteiger partial charge in [-0.1, -0.05) is 24.3 Å². The lowest BCUT2D eigenvalue weighted by molar-refractivity contribution is 0.280. The molecule has 0 fully saturated rings. The van der Waals surface area contributed by atoms with Gasteiger partial charge in [0.1, 0.15) is 5.75 Å². The molecule has 3 rings (SSSR count). The maximum absolute atomic E-state index is 9.97. The van der Waals surface area contributed by atoms with E-state index >= 15 is 0 Å². The first-order valence-electron chi connectivity index (χ1n) is 5.62. The summed E-state index contributed by atoms with van der Waals surface area (Å²) in [6.45, 7) is 0.622. The molecule has 2 aromatic carbocycles. The number of aliphatic hydroxyl groups excluding tert-OH is 1. The molecule has 0 atom stereocenters. The fourth-order valence-corrected chi connectivity index (χ4v) is 2.42. The largest absolute Gasteiger partial charge is 0.507 e. The molecule has 3 heteroatoms. The van der Waals surface area contributed by atoms with E-state index in [9.17, 15) is 5.11 Å². The van der Waals surface area contributed by atoms with Gasteiger partial charge in [0.05, 0.1) is 12.1 Å². The van der Waals surface area contributed by atoms with E-state index in [2.05, 4.69) is 0 Å². The summed E-state index contributed by atoms with van der Waals surface area (Å²) in [5.74, 6) is 0.287. The van der Waals surface area contributed by atoms with Crippen molar-refractivity contribution < 1.29 is 10.2 Å². The van der Waals surface area contributed by atoms with Crippen LogP contribution in [0.2, 0.25) is 0 Å². The third-order valence-electron chi connectivity index (χ3n) is 3.10. The maximum Gasteiger partial charge on any atom is 0.125 e. The van der Waals surface area contributed by atoms with E-state index in [0.29, 0.717) is 6.54 Å². The highest BCUT2D eigenvalue weighted by atomic mass is 16.3. The van der Waals surface area contributed by atoms with Gasteiger partial charge in [0.15, 0.2) is 0 Å². The number of aliphatic hydroxyl groups is 1. The Kier molecular flexibility index (Phi) is 2.27. The molecule has 0 bridgehead atoms. The summed E-state index contributed by atoms with van der Waals surface area (Å²) in [7, 11) is 0. The highest BCUT2D eigenvalue weighted by Crippen LogP contribution is 2.34. The van der Waals surface area contributed by atoms with Gasteiger partial charge in [-0.15, -0.1) is 0 Å². The lowest BCUT2D eigenvalue weighted by atomic mass is 10.1. The number of phenols is 1. The van der Waals surface area contributed by atoms with Crippen molar-refractivity contribution in [3.8, 4) is 5.75 Å². The Hall–Kier alpha value is -2.00. The standard InChI is InChI=1S/C14H13NO2/c16-9-8-15-11-5-2-1-4-10(11)14-12(15)6-3-7-13(14)17/h1-7,16-17H,8-9H2. The molecule has 0 amide bonds. The van der Waals surface area contributed by atoms with Crippen LogP contribution >= 0.6 is 0 Å². The zero-order valence-corrected chi connectivity index (χ0v) is 9.30. The SMILES string of the molecule is OCCn1c2ccccc2c2c(O)cccc21. The Balaban J connectivity index is 2.53. The number of benzene rings is 2. The van der Waals surface area contributed by atoms with Crippen molar-refractivity contribution in [3.05, 3.63) is 42.5 Å². The molecule has 0 saturated carbocycles. The van der Waals surface area contributed by atoms with Gasteiger partial charge >= 0.3 is 0 Å². The number of nitrogens with zero attached hydrogens (tertiary/aromatic N) is 1. The predicted octanol–water partition coefficient (Wildman–Crippen LogP) is 2.49. The Labute approximate surface area is 98.5 Å². The van der Waals surface area contributed by atoms with E-state index in [1.54, 1.807) is 6.07 Å². The zero-order chi connectivity index (χ0) is 11.8. The summed E-state index contributed by atoms with van der Waals surface area (Å²) in [6, 6.07) is 13.4. The van der Waals surface area contributed by atoms with E-state index < -0.39 is 0 Å². The van der Waals surface area contributed by atoms with Crippen molar-refractivity contribution in [2.75, 3.05) is 6.61 Å². The molecule has 0 aliphatic heterocycles. The molecular formula is C14H13NO2. The highest BCUT2D eigenvalue weighted by Gasteiger charge is 2.12. The van der Waals surface area contributed by atoms with Gasteiger partial charge < -0.3 is 14.8 Å². The van der Waals surface area contributed by atoms with Gasteiger partial charge in [0.25, 0.3) is 0 Å². The molecule has 0 spiro atoms. The minimum absolute atomic E-state index is 0.0867. The number of hydrogen-bond acceptors (Lipinski definition) is 2. The molecule has 0 unspecified atom stereocenters. The lowest BCUT2D eigenvalue weighted by Gasteiger charge is -2.04. The molecule has 0 aliphatic rings. The summed E-state index contributed by atoms with van der Waals surface area (Å²) >= 11 is 0. The smallest absolute Gasteiger partial charge is 0.125 e. The number of aromatic nitrogens is 1. The van der Waals surface area contributed by atoms with Crippen LogP contribution in [-0.4, -0.2) is 21.4 Å². The predicted molar refractivity (Wildman–Crippen MR) is 68.2 cm³/mol. The molecule has 3 nitrogen and oxygen atoms in total. The zero-order valence-electron chi connectivity index (χ0n) is 9.30. The van der Waals surface area contributed by atoms with Gasteiger partial charge in [0, 0.05) is 22.8 Å². The van der Waals surface area contributed by atoms with Crippen LogP contribution < -0.4 is 0 Å². The fraction of sp³-hybridized carbons (Fsp3) is 0.143. The van der Waals surface area contributed by atoms with Gasteiger partial charge in [-0.25, -0.2) is 0 Å². The second kappa shape index (κ2) is 3.79. The van der Waals surface area contributed by atoms with E-state index in [4.69, 9.17) is 5.11 Å². The minimum atomic E-state index is 0.0867. The molecule has 1 aromatic heterocycles. The first kappa shape index (κ1) is 10.2. The summed E-state index contributed by atoms with van der Waals surface area (Å²) in [5, 5.41) is 21.0. The van der Waals surface area contributed by atoms with E-state index in [-0.39, 0.29) is 12.4 Å². The van der Waals surface area contributed by atoms with Crippen LogP contribution in [0.3, 0.4) is 0 Å². The topological polar surface area (TPSA) is 45.4 Å². The normalized spacial score (nSPS) is 11.4. The van der Waals surface area contributed by atoms with Gasteiger partial charge in [-0.2, -0.15) is 0 Å². The first-order valence-corrected chi connectivity index (χ1v) is 5.62. The van der Waals surface area contributed by atoms with Crippen molar-refractivity contribution in [1.29, 1.82) is 0 Å². The van der Waals surface area contributed by atoms with Crippen LogP contribution in [0, 0.1) is 0 Å². The van der Waals surface area contributed by atoms with Crippen LogP contribution in [0.4, 0.5) is 0 Å². The fourth-order valence-electron chi connectivity index (χ4n) is 2.42.